The molecule has 1 heterocycles. The van der Waals surface area contributed by atoms with Gasteiger partial charge in [0.2, 0.25) is 5.88 Å². The second kappa shape index (κ2) is 4.45. The molecule has 1 aromatic heterocycles. The molecule has 5 nitrogen and oxygen atoms in total. The zero-order valence-electron chi connectivity index (χ0n) is 9.82. The molecule has 2 N–H and O–H groups in total. The highest BCUT2D eigenvalue weighted by atomic mass is 79.9. The lowest BCUT2D eigenvalue weighted by Crippen LogP contribution is -2.30. The van der Waals surface area contributed by atoms with E-state index in [1.807, 2.05) is 13.0 Å². The fourth-order valence-electron chi connectivity index (χ4n) is 1.57. The van der Waals surface area contributed by atoms with E-state index < -0.39 is 11.2 Å². The summed E-state index contributed by atoms with van der Waals surface area (Å²) in [5, 5.41) is 9.90. The van der Waals surface area contributed by atoms with Crippen molar-refractivity contribution >= 4 is 15.9 Å². The summed E-state index contributed by atoms with van der Waals surface area (Å²) in [7, 11) is 0. The Labute approximate surface area is 111 Å². The van der Waals surface area contributed by atoms with Gasteiger partial charge in [-0.05, 0) is 31.5 Å². The van der Waals surface area contributed by atoms with Gasteiger partial charge in [-0.15, -0.1) is 0 Å². The van der Waals surface area contributed by atoms with Crippen molar-refractivity contribution < 1.29 is 5.11 Å². The number of hydrogen-bond donors (Lipinski definition) is 2. The molecule has 0 bridgehead atoms. The number of benzene rings is 1. The van der Waals surface area contributed by atoms with Gasteiger partial charge in [-0.1, -0.05) is 22.0 Å². The standard InChI is InChI=1S/C12H11BrN2O3/c1-6-3-4-8(5-9(6)13)15-11(17)7(2)10(16)14-12(15)18/h3-5,17H,1-2H3,(H,14,16,18). The normalized spacial score (nSPS) is 10.6. The Morgan fingerprint density at radius 3 is 2.56 bits per heavy atom. The molecule has 0 unspecified atom stereocenters. The maximum absolute atomic E-state index is 11.7. The van der Waals surface area contributed by atoms with E-state index in [0.717, 1.165) is 14.6 Å². The number of hydrogen-bond acceptors (Lipinski definition) is 3. The molecule has 1 aromatic carbocycles. The van der Waals surface area contributed by atoms with Crippen molar-refractivity contribution in [1.29, 1.82) is 0 Å². The molecule has 2 aromatic rings. The zero-order valence-corrected chi connectivity index (χ0v) is 11.4. The van der Waals surface area contributed by atoms with Gasteiger partial charge in [0.15, 0.2) is 0 Å². The Morgan fingerprint density at radius 1 is 1.28 bits per heavy atom. The van der Waals surface area contributed by atoms with Crippen molar-refractivity contribution in [3.05, 3.63) is 54.6 Å². The van der Waals surface area contributed by atoms with E-state index in [2.05, 4.69) is 20.9 Å². The molecule has 0 aliphatic rings. The quantitative estimate of drug-likeness (QED) is 0.840. The predicted octanol–water partition coefficient (Wildman–Crippen LogP) is 1.61. The average molecular weight is 311 g/mol. The minimum Gasteiger partial charge on any atom is -0.494 e. The number of nitrogens with one attached hydrogen (secondary N) is 1. The summed E-state index contributed by atoms with van der Waals surface area (Å²) in [5.74, 6) is -0.348. The van der Waals surface area contributed by atoms with Crippen molar-refractivity contribution in [3.8, 4) is 11.6 Å². The topological polar surface area (TPSA) is 75.1 Å². The number of nitrogens with zero attached hydrogens (tertiary/aromatic N) is 1. The van der Waals surface area contributed by atoms with Crippen LogP contribution in [-0.2, 0) is 0 Å². The van der Waals surface area contributed by atoms with Gasteiger partial charge in [-0.25, -0.2) is 9.36 Å². The van der Waals surface area contributed by atoms with E-state index in [0.29, 0.717) is 5.69 Å². The van der Waals surface area contributed by atoms with Crippen LogP contribution in [-0.4, -0.2) is 14.7 Å². The minimum atomic E-state index is -0.668. The highest BCUT2D eigenvalue weighted by Gasteiger charge is 2.12. The summed E-state index contributed by atoms with van der Waals surface area (Å²) in [4.78, 5) is 25.2. The average Bonchev–Trinajstić information content (AvgIpc) is 2.31. The second-order valence-corrected chi connectivity index (χ2v) is 4.83. The van der Waals surface area contributed by atoms with E-state index in [1.165, 1.54) is 6.92 Å². The van der Waals surface area contributed by atoms with Crippen LogP contribution in [0.5, 0.6) is 5.88 Å². The largest absolute Gasteiger partial charge is 0.494 e. The van der Waals surface area contributed by atoms with Gasteiger partial charge >= 0.3 is 5.69 Å². The lowest BCUT2D eigenvalue weighted by Gasteiger charge is -2.10. The Morgan fingerprint density at radius 2 is 1.94 bits per heavy atom. The van der Waals surface area contributed by atoms with Crippen LogP contribution < -0.4 is 11.2 Å². The van der Waals surface area contributed by atoms with Gasteiger partial charge in [-0.3, -0.25) is 9.78 Å². The Kier molecular flexibility index (Phi) is 3.13. The number of aryl methyl sites for hydroxylation is 1. The molecular formula is C12H11BrN2O3. The molecule has 0 saturated heterocycles. The molecule has 0 radical (unpaired) electrons. The van der Waals surface area contributed by atoms with Gasteiger partial charge in [0.25, 0.3) is 5.56 Å². The van der Waals surface area contributed by atoms with Gasteiger partial charge in [0, 0.05) is 4.47 Å². The third-order valence-corrected chi connectivity index (χ3v) is 3.58. The van der Waals surface area contributed by atoms with E-state index in [9.17, 15) is 14.7 Å². The molecule has 0 saturated carbocycles. The molecule has 94 valence electrons. The van der Waals surface area contributed by atoms with Crippen LogP contribution in [0.1, 0.15) is 11.1 Å². The van der Waals surface area contributed by atoms with Gasteiger partial charge in [0.1, 0.15) is 0 Å². The number of aromatic amines is 1. The fourth-order valence-corrected chi connectivity index (χ4v) is 1.94. The molecule has 2 rings (SSSR count). The molecule has 0 atom stereocenters. The molecule has 0 aliphatic heterocycles. The second-order valence-electron chi connectivity index (χ2n) is 3.98. The number of aromatic hydroxyl groups is 1. The number of halogens is 1. The highest BCUT2D eigenvalue weighted by molar-refractivity contribution is 9.10. The van der Waals surface area contributed by atoms with E-state index in [4.69, 9.17) is 0 Å². The lowest BCUT2D eigenvalue weighted by atomic mass is 10.2. The Hall–Kier alpha value is -1.82. The van der Waals surface area contributed by atoms with E-state index in [1.54, 1.807) is 12.1 Å². The summed E-state index contributed by atoms with van der Waals surface area (Å²) in [6.07, 6.45) is 0. The molecule has 18 heavy (non-hydrogen) atoms. The monoisotopic (exact) mass is 310 g/mol. The summed E-state index contributed by atoms with van der Waals surface area (Å²) < 4.78 is 1.87. The van der Waals surface area contributed by atoms with Crippen LogP contribution in [0.3, 0.4) is 0 Å². The van der Waals surface area contributed by atoms with Crippen LogP contribution >= 0.6 is 15.9 Å². The first-order valence-corrected chi connectivity index (χ1v) is 6.02. The van der Waals surface area contributed by atoms with Crippen LogP contribution in [0.2, 0.25) is 0 Å². The van der Waals surface area contributed by atoms with Crippen molar-refractivity contribution in [2.24, 2.45) is 0 Å². The van der Waals surface area contributed by atoms with Crippen LogP contribution in [0, 0.1) is 13.8 Å². The van der Waals surface area contributed by atoms with Crippen molar-refractivity contribution in [3.63, 3.8) is 0 Å². The Balaban J connectivity index is 2.79. The maximum Gasteiger partial charge on any atom is 0.335 e. The van der Waals surface area contributed by atoms with Crippen LogP contribution in [0.4, 0.5) is 0 Å². The fraction of sp³-hybridized carbons (Fsp3) is 0.167. The number of aromatic nitrogens is 2. The number of rotatable bonds is 1. The van der Waals surface area contributed by atoms with E-state index >= 15 is 0 Å². The molecule has 0 aliphatic carbocycles. The molecule has 6 heteroatoms. The third-order valence-electron chi connectivity index (χ3n) is 2.72. The first-order valence-electron chi connectivity index (χ1n) is 5.23. The molecule has 0 amide bonds. The first-order chi connectivity index (χ1) is 8.41. The van der Waals surface area contributed by atoms with Gasteiger partial charge in [0.05, 0.1) is 11.3 Å². The summed E-state index contributed by atoms with van der Waals surface area (Å²) >= 11 is 3.36. The minimum absolute atomic E-state index is 0.103. The summed E-state index contributed by atoms with van der Waals surface area (Å²) in [5.41, 5.74) is 0.340. The molecule has 0 spiro atoms. The van der Waals surface area contributed by atoms with Crippen LogP contribution in [0.15, 0.2) is 32.3 Å². The highest BCUT2D eigenvalue weighted by Crippen LogP contribution is 2.22. The van der Waals surface area contributed by atoms with E-state index in [-0.39, 0.29) is 11.4 Å². The van der Waals surface area contributed by atoms with Crippen molar-refractivity contribution in [1.82, 2.24) is 9.55 Å². The van der Waals surface area contributed by atoms with Crippen molar-refractivity contribution in [2.45, 2.75) is 13.8 Å². The zero-order chi connectivity index (χ0) is 13.4. The first kappa shape index (κ1) is 12.6. The lowest BCUT2D eigenvalue weighted by molar-refractivity contribution is 0.426. The number of H-pyrrole nitrogens is 1. The molecular weight excluding hydrogens is 300 g/mol. The van der Waals surface area contributed by atoms with Gasteiger partial charge < -0.3 is 5.11 Å². The van der Waals surface area contributed by atoms with Crippen molar-refractivity contribution in [2.75, 3.05) is 0 Å². The summed E-state index contributed by atoms with van der Waals surface area (Å²) in [6.45, 7) is 3.36. The molecule has 0 fully saturated rings. The smallest absolute Gasteiger partial charge is 0.335 e. The van der Waals surface area contributed by atoms with Gasteiger partial charge in [-0.2, -0.15) is 0 Å². The summed E-state index contributed by atoms with van der Waals surface area (Å²) in [6, 6.07) is 5.21. The third kappa shape index (κ3) is 1.99. The predicted molar refractivity (Wildman–Crippen MR) is 71.5 cm³/mol. The SMILES string of the molecule is Cc1ccc(-n2c(O)c(C)c(=O)[nH]c2=O)cc1Br. The maximum atomic E-state index is 11.7. The van der Waals surface area contributed by atoms with Crippen LogP contribution in [0.25, 0.3) is 5.69 Å². The Bertz CT molecular complexity index is 731.